The van der Waals surface area contributed by atoms with Crippen molar-refractivity contribution in [1.82, 2.24) is 9.97 Å². The van der Waals surface area contributed by atoms with Gasteiger partial charge in [-0.25, -0.2) is 9.97 Å². The minimum atomic E-state index is 0.733. The van der Waals surface area contributed by atoms with E-state index >= 15 is 0 Å². The second-order valence-corrected chi connectivity index (χ2v) is 11.4. The summed E-state index contributed by atoms with van der Waals surface area (Å²) in [7, 11) is 0. The Labute approximate surface area is 254 Å². The first kappa shape index (κ1) is 24.7. The van der Waals surface area contributed by atoms with Gasteiger partial charge in [0.1, 0.15) is 0 Å². The molecule has 204 valence electrons. The predicted molar refractivity (Wildman–Crippen MR) is 186 cm³/mol. The van der Waals surface area contributed by atoms with Crippen molar-refractivity contribution >= 4 is 53.9 Å². The summed E-state index contributed by atoms with van der Waals surface area (Å²) in [5, 5.41) is 12.2. The maximum absolute atomic E-state index is 5.07. The Bertz CT molecular complexity index is 2470. The van der Waals surface area contributed by atoms with E-state index in [0.717, 1.165) is 33.3 Å². The van der Waals surface area contributed by atoms with Crippen LogP contribution in [-0.4, -0.2) is 9.97 Å². The van der Waals surface area contributed by atoms with Crippen molar-refractivity contribution in [3.05, 3.63) is 158 Å². The molecule has 0 bridgehead atoms. The predicted octanol–water partition coefficient (Wildman–Crippen LogP) is 11.2. The van der Waals surface area contributed by atoms with Gasteiger partial charge < -0.3 is 0 Å². The Morgan fingerprint density at radius 1 is 0.318 bits per heavy atom. The first-order valence-corrected chi connectivity index (χ1v) is 15.0. The Hall–Kier alpha value is -5.86. The van der Waals surface area contributed by atoms with Gasteiger partial charge in [0.15, 0.2) is 5.82 Å². The van der Waals surface area contributed by atoms with Crippen molar-refractivity contribution in [3.8, 4) is 33.6 Å². The third kappa shape index (κ3) is 3.75. The first-order chi connectivity index (χ1) is 21.8. The smallest absolute Gasteiger partial charge is 0.160 e. The zero-order valence-electron chi connectivity index (χ0n) is 23.9. The average Bonchev–Trinajstić information content (AvgIpc) is 3.10. The molecule has 2 nitrogen and oxygen atoms in total. The van der Waals surface area contributed by atoms with Crippen LogP contribution in [0.3, 0.4) is 0 Å². The zero-order valence-corrected chi connectivity index (χ0v) is 23.9. The summed E-state index contributed by atoms with van der Waals surface area (Å²) in [6.07, 6.45) is 3.99. The highest BCUT2D eigenvalue weighted by Gasteiger charge is 2.18. The molecule has 1 heterocycles. The SMILES string of the molecule is c1ccc(-c2c3ccccc3c(-c3ncc(-c4cc5c6ccccc6ccc5c5ccccc45)cn3)c3ccccc23)cc1. The molecule has 0 radical (unpaired) electrons. The average molecular weight is 559 g/mol. The van der Waals surface area contributed by atoms with Crippen molar-refractivity contribution in [2.24, 2.45) is 0 Å². The van der Waals surface area contributed by atoms with E-state index in [0.29, 0.717) is 0 Å². The van der Waals surface area contributed by atoms with Crippen molar-refractivity contribution in [2.75, 3.05) is 0 Å². The van der Waals surface area contributed by atoms with E-state index in [4.69, 9.17) is 9.97 Å². The summed E-state index contributed by atoms with van der Waals surface area (Å²) >= 11 is 0. The van der Waals surface area contributed by atoms with Gasteiger partial charge in [0.05, 0.1) is 0 Å². The normalized spacial score (nSPS) is 11.6. The van der Waals surface area contributed by atoms with Gasteiger partial charge in [0.2, 0.25) is 0 Å². The van der Waals surface area contributed by atoms with Crippen LogP contribution in [0.15, 0.2) is 158 Å². The quantitative estimate of drug-likeness (QED) is 0.159. The molecule has 2 heteroatoms. The van der Waals surface area contributed by atoms with Crippen LogP contribution in [0.5, 0.6) is 0 Å². The second kappa shape index (κ2) is 9.86. The van der Waals surface area contributed by atoms with Crippen molar-refractivity contribution < 1.29 is 0 Å². The van der Waals surface area contributed by atoms with Crippen LogP contribution in [0.1, 0.15) is 0 Å². The van der Waals surface area contributed by atoms with E-state index in [1.165, 1.54) is 54.2 Å². The fraction of sp³-hybridized carbons (Fsp3) is 0. The first-order valence-electron chi connectivity index (χ1n) is 15.0. The van der Waals surface area contributed by atoms with Gasteiger partial charge in [0.25, 0.3) is 0 Å². The van der Waals surface area contributed by atoms with Gasteiger partial charge in [-0.1, -0.05) is 140 Å². The van der Waals surface area contributed by atoms with Gasteiger partial charge in [-0.05, 0) is 76.6 Å². The van der Waals surface area contributed by atoms with E-state index in [9.17, 15) is 0 Å². The zero-order chi connectivity index (χ0) is 29.0. The van der Waals surface area contributed by atoms with Crippen LogP contribution < -0.4 is 0 Å². The summed E-state index contributed by atoms with van der Waals surface area (Å²) in [6, 6.07) is 52.0. The molecule has 0 N–H and O–H groups in total. The summed E-state index contributed by atoms with van der Waals surface area (Å²) in [5.41, 5.74) is 5.67. The summed E-state index contributed by atoms with van der Waals surface area (Å²) in [5.74, 6) is 0.733. The van der Waals surface area contributed by atoms with Crippen LogP contribution in [0.4, 0.5) is 0 Å². The summed E-state index contributed by atoms with van der Waals surface area (Å²) in [6.45, 7) is 0. The summed E-state index contributed by atoms with van der Waals surface area (Å²) < 4.78 is 0. The Balaban J connectivity index is 1.28. The number of hydrogen-bond acceptors (Lipinski definition) is 2. The van der Waals surface area contributed by atoms with Crippen molar-refractivity contribution in [1.29, 1.82) is 0 Å². The molecule has 0 saturated carbocycles. The fourth-order valence-corrected chi connectivity index (χ4v) is 6.98. The topological polar surface area (TPSA) is 25.8 Å². The van der Waals surface area contributed by atoms with Gasteiger partial charge >= 0.3 is 0 Å². The van der Waals surface area contributed by atoms with Crippen LogP contribution in [0.2, 0.25) is 0 Å². The van der Waals surface area contributed by atoms with E-state index < -0.39 is 0 Å². The highest BCUT2D eigenvalue weighted by atomic mass is 14.9. The number of benzene rings is 8. The third-order valence-electron chi connectivity index (χ3n) is 8.95. The van der Waals surface area contributed by atoms with Crippen molar-refractivity contribution in [3.63, 3.8) is 0 Å². The molecule has 1 aromatic heterocycles. The molecule has 0 atom stereocenters. The molecule has 9 aromatic rings. The van der Waals surface area contributed by atoms with E-state index in [1.807, 2.05) is 12.4 Å². The molecule has 44 heavy (non-hydrogen) atoms. The minimum absolute atomic E-state index is 0.733. The van der Waals surface area contributed by atoms with Gasteiger partial charge in [0, 0.05) is 23.5 Å². The van der Waals surface area contributed by atoms with Gasteiger partial charge in [-0.2, -0.15) is 0 Å². The fourth-order valence-electron chi connectivity index (χ4n) is 6.98. The van der Waals surface area contributed by atoms with E-state index in [-0.39, 0.29) is 0 Å². The van der Waals surface area contributed by atoms with Gasteiger partial charge in [-0.15, -0.1) is 0 Å². The maximum atomic E-state index is 5.07. The largest absolute Gasteiger partial charge is 0.236 e. The lowest BCUT2D eigenvalue weighted by Gasteiger charge is -2.17. The van der Waals surface area contributed by atoms with Crippen LogP contribution in [-0.2, 0) is 0 Å². The molecule has 9 rings (SSSR count). The molecule has 0 saturated heterocycles. The molecule has 0 aliphatic rings. The number of hydrogen-bond donors (Lipinski definition) is 0. The highest BCUT2D eigenvalue weighted by Crippen LogP contribution is 2.43. The molecule has 0 aliphatic heterocycles. The lowest BCUT2D eigenvalue weighted by molar-refractivity contribution is 1.19. The van der Waals surface area contributed by atoms with E-state index in [2.05, 4.69) is 146 Å². The Kier molecular flexibility index (Phi) is 5.54. The maximum Gasteiger partial charge on any atom is 0.160 e. The summed E-state index contributed by atoms with van der Waals surface area (Å²) in [4.78, 5) is 10.1. The number of aromatic nitrogens is 2. The molecule has 0 aliphatic carbocycles. The molecule has 8 aromatic carbocycles. The molecular formula is C42H26N2. The highest BCUT2D eigenvalue weighted by molar-refractivity contribution is 6.22. The lowest BCUT2D eigenvalue weighted by Crippen LogP contribution is -1.95. The molecule has 0 unspecified atom stereocenters. The molecule has 0 spiro atoms. The standard InChI is InChI=1S/C42H26N2/c1-2-13-28(14-3-1)40-34-18-8-10-20-36(34)41(37-21-11-9-19-35(37)40)42-43-25-29(26-44-42)38-24-39-30-15-5-4-12-27(30)22-23-33(39)31-16-6-7-17-32(31)38/h1-26H. The van der Waals surface area contributed by atoms with Crippen LogP contribution in [0.25, 0.3) is 87.5 Å². The third-order valence-corrected chi connectivity index (χ3v) is 8.95. The van der Waals surface area contributed by atoms with Crippen LogP contribution in [0, 0.1) is 0 Å². The number of rotatable bonds is 3. The minimum Gasteiger partial charge on any atom is -0.236 e. The number of nitrogens with zero attached hydrogens (tertiary/aromatic N) is 2. The second-order valence-electron chi connectivity index (χ2n) is 11.4. The van der Waals surface area contributed by atoms with Crippen molar-refractivity contribution in [2.45, 2.75) is 0 Å². The molecule has 0 amide bonds. The van der Waals surface area contributed by atoms with Crippen LogP contribution >= 0.6 is 0 Å². The molecular weight excluding hydrogens is 532 g/mol. The lowest BCUT2D eigenvalue weighted by atomic mass is 9.88. The Morgan fingerprint density at radius 3 is 1.48 bits per heavy atom. The number of fused-ring (bicyclic) bond motifs is 7. The molecule has 0 fully saturated rings. The van der Waals surface area contributed by atoms with E-state index in [1.54, 1.807) is 0 Å². The Morgan fingerprint density at radius 2 is 0.818 bits per heavy atom. The van der Waals surface area contributed by atoms with Gasteiger partial charge in [-0.3, -0.25) is 0 Å². The monoisotopic (exact) mass is 558 g/mol.